The zero-order valence-corrected chi connectivity index (χ0v) is 13.4. The van der Waals surface area contributed by atoms with Gasteiger partial charge in [0, 0.05) is 38.4 Å². The molecule has 2 rings (SSSR count). The Labute approximate surface area is 127 Å². The zero-order chi connectivity index (χ0) is 15.4. The SMILES string of the molecule is Cc1cccc(N2CCN(C(=O)C(CN)C(C)C)CC2)c1. The van der Waals surface area contributed by atoms with Crippen molar-refractivity contribution in [1.82, 2.24) is 4.90 Å². The van der Waals surface area contributed by atoms with E-state index >= 15 is 0 Å². The number of piperazine rings is 1. The second-order valence-electron chi connectivity index (χ2n) is 6.24. The number of aryl methyl sites for hydroxylation is 1. The van der Waals surface area contributed by atoms with Crippen molar-refractivity contribution in [2.24, 2.45) is 17.6 Å². The van der Waals surface area contributed by atoms with E-state index in [1.165, 1.54) is 11.3 Å². The molecule has 1 aliphatic rings. The van der Waals surface area contributed by atoms with E-state index in [1.54, 1.807) is 0 Å². The molecule has 0 spiro atoms. The average Bonchev–Trinajstić information content (AvgIpc) is 2.47. The number of carbonyl (C=O) groups excluding carboxylic acids is 1. The van der Waals surface area contributed by atoms with Crippen LogP contribution in [0.4, 0.5) is 5.69 Å². The van der Waals surface area contributed by atoms with Gasteiger partial charge in [0.1, 0.15) is 0 Å². The van der Waals surface area contributed by atoms with E-state index < -0.39 is 0 Å². The molecule has 4 heteroatoms. The van der Waals surface area contributed by atoms with E-state index in [4.69, 9.17) is 5.73 Å². The number of anilines is 1. The van der Waals surface area contributed by atoms with Crippen molar-refractivity contribution in [1.29, 1.82) is 0 Å². The van der Waals surface area contributed by atoms with Crippen molar-refractivity contribution >= 4 is 11.6 Å². The van der Waals surface area contributed by atoms with Crippen LogP contribution in [0.15, 0.2) is 24.3 Å². The van der Waals surface area contributed by atoms with E-state index in [0.29, 0.717) is 12.5 Å². The van der Waals surface area contributed by atoms with Gasteiger partial charge in [-0.15, -0.1) is 0 Å². The Morgan fingerprint density at radius 3 is 2.43 bits per heavy atom. The highest BCUT2D eigenvalue weighted by molar-refractivity contribution is 5.79. The molecule has 1 saturated heterocycles. The third-order valence-corrected chi connectivity index (χ3v) is 4.33. The molecule has 1 atom stereocenters. The molecular weight excluding hydrogens is 262 g/mol. The van der Waals surface area contributed by atoms with Gasteiger partial charge in [0.15, 0.2) is 0 Å². The Morgan fingerprint density at radius 1 is 1.24 bits per heavy atom. The lowest BCUT2D eigenvalue weighted by Crippen LogP contribution is -2.52. The normalized spacial score (nSPS) is 17.2. The van der Waals surface area contributed by atoms with Crippen LogP contribution >= 0.6 is 0 Å². The van der Waals surface area contributed by atoms with Gasteiger partial charge in [-0.2, -0.15) is 0 Å². The lowest BCUT2D eigenvalue weighted by Gasteiger charge is -2.38. The molecule has 0 bridgehead atoms. The number of carbonyl (C=O) groups is 1. The fraction of sp³-hybridized carbons (Fsp3) is 0.588. The molecule has 1 aromatic carbocycles. The molecule has 0 aromatic heterocycles. The largest absolute Gasteiger partial charge is 0.368 e. The lowest BCUT2D eigenvalue weighted by atomic mass is 9.94. The molecule has 1 unspecified atom stereocenters. The molecule has 2 N–H and O–H groups in total. The Bertz CT molecular complexity index is 479. The molecule has 1 aromatic rings. The molecule has 0 saturated carbocycles. The number of nitrogens with zero attached hydrogens (tertiary/aromatic N) is 2. The van der Waals surface area contributed by atoms with Crippen molar-refractivity contribution in [3.8, 4) is 0 Å². The minimum Gasteiger partial charge on any atom is -0.368 e. The maximum Gasteiger partial charge on any atom is 0.227 e. The first-order valence-electron chi connectivity index (χ1n) is 7.83. The molecule has 0 radical (unpaired) electrons. The van der Waals surface area contributed by atoms with Gasteiger partial charge in [-0.05, 0) is 30.5 Å². The quantitative estimate of drug-likeness (QED) is 0.920. The van der Waals surface area contributed by atoms with E-state index in [0.717, 1.165) is 26.2 Å². The fourth-order valence-electron chi connectivity index (χ4n) is 2.90. The summed E-state index contributed by atoms with van der Waals surface area (Å²) in [7, 11) is 0. The van der Waals surface area contributed by atoms with Crippen LogP contribution in [0, 0.1) is 18.8 Å². The van der Waals surface area contributed by atoms with E-state index in [-0.39, 0.29) is 11.8 Å². The van der Waals surface area contributed by atoms with Crippen molar-refractivity contribution < 1.29 is 4.79 Å². The van der Waals surface area contributed by atoms with Gasteiger partial charge in [0.25, 0.3) is 0 Å². The zero-order valence-electron chi connectivity index (χ0n) is 13.4. The number of hydrogen-bond acceptors (Lipinski definition) is 3. The molecular formula is C17H27N3O. The summed E-state index contributed by atoms with van der Waals surface area (Å²) < 4.78 is 0. The summed E-state index contributed by atoms with van der Waals surface area (Å²) in [5.74, 6) is 0.476. The van der Waals surface area contributed by atoms with Crippen LogP contribution in [0.1, 0.15) is 19.4 Å². The Morgan fingerprint density at radius 2 is 1.90 bits per heavy atom. The summed E-state index contributed by atoms with van der Waals surface area (Å²) in [6, 6.07) is 8.54. The molecule has 4 nitrogen and oxygen atoms in total. The van der Waals surface area contributed by atoms with Gasteiger partial charge in [0.05, 0.1) is 5.92 Å². The topological polar surface area (TPSA) is 49.6 Å². The molecule has 1 fully saturated rings. The van der Waals surface area contributed by atoms with Crippen molar-refractivity contribution in [3.63, 3.8) is 0 Å². The predicted octanol–water partition coefficient (Wildman–Crippen LogP) is 1.87. The van der Waals surface area contributed by atoms with Crippen LogP contribution < -0.4 is 10.6 Å². The van der Waals surface area contributed by atoms with Crippen LogP contribution in [-0.4, -0.2) is 43.5 Å². The monoisotopic (exact) mass is 289 g/mol. The standard InChI is InChI=1S/C17H27N3O/c1-13(2)16(12-18)17(21)20-9-7-19(8-10-20)15-6-4-5-14(3)11-15/h4-6,11,13,16H,7-10,12,18H2,1-3H3. The van der Waals surface area contributed by atoms with Gasteiger partial charge in [-0.1, -0.05) is 26.0 Å². The molecule has 1 heterocycles. The van der Waals surface area contributed by atoms with Crippen molar-refractivity contribution in [2.45, 2.75) is 20.8 Å². The average molecular weight is 289 g/mol. The van der Waals surface area contributed by atoms with E-state index in [2.05, 4.69) is 49.9 Å². The molecule has 116 valence electrons. The maximum absolute atomic E-state index is 12.5. The molecule has 1 aliphatic heterocycles. The minimum atomic E-state index is -0.0458. The summed E-state index contributed by atoms with van der Waals surface area (Å²) in [5.41, 5.74) is 8.28. The second-order valence-corrected chi connectivity index (χ2v) is 6.24. The first-order valence-corrected chi connectivity index (χ1v) is 7.83. The number of nitrogens with two attached hydrogens (primary N) is 1. The first-order chi connectivity index (χ1) is 10.0. The minimum absolute atomic E-state index is 0.0458. The Balaban J connectivity index is 1.95. The molecule has 1 amide bonds. The number of hydrogen-bond donors (Lipinski definition) is 1. The molecule has 0 aliphatic carbocycles. The summed E-state index contributed by atoms with van der Waals surface area (Å²) in [4.78, 5) is 16.8. The summed E-state index contributed by atoms with van der Waals surface area (Å²) in [6.07, 6.45) is 0. The summed E-state index contributed by atoms with van der Waals surface area (Å²) in [6.45, 7) is 10.0. The summed E-state index contributed by atoms with van der Waals surface area (Å²) in [5, 5.41) is 0. The Kier molecular flexibility index (Phi) is 5.23. The van der Waals surface area contributed by atoms with Crippen LogP contribution in [0.3, 0.4) is 0 Å². The van der Waals surface area contributed by atoms with Gasteiger partial charge in [-0.3, -0.25) is 4.79 Å². The van der Waals surface area contributed by atoms with Crippen LogP contribution in [-0.2, 0) is 4.79 Å². The number of rotatable bonds is 4. The lowest BCUT2D eigenvalue weighted by molar-refractivity contribution is -0.136. The maximum atomic E-state index is 12.5. The van der Waals surface area contributed by atoms with E-state index in [9.17, 15) is 4.79 Å². The van der Waals surface area contributed by atoms with Crippen LogP contribution in [0.2, 0.25) is 0 Å². The third kappa shape index (κ3) is 3.76. The number of amides is 1. The highest BCUT2D eigenvalue weighted by Crippen LogP contribution is 2.20. The predicted molar refractivity (Wildman–Crippen MR) is 87.4 cm³/mol. The highest BCUT2D eigenvalue weighted by Gasteiger charge is 2.28. The van der Waals surface area contributed by atoms with E-state index in [1.807, 2.05) is 4.90 Å². The van der Waals surface area contributed by atoms with Gasteiger partial charge in [-0.25, -0.2) is 0 Å². The van der Waals surface area contributed by atoms with Gasteiger partial charge >= 0.3 is 0 Å². The molecule has 21 heavy (non-hydrogen) atoms. The third-order valence-electron chi connectivity index (χ3n) is 4.33. The smallest absolute Gasteiger partial charge is 0.227 e. The van der Waals surface area contributed by atoms with Crippen molar-refractivity contribution in [2.75, 3.05) is 37.6 Å². The van der Waals surface area contributed by atoms with Crippen LogP contribution in [0.25, 0.3) is 0 Å². The first kappa shape index (κ1) is 15.8. The van der Waals surface area contributed by atoms with Gasteiger partial charge in [0.2, 0.25) is 5.91 Å². The fourth-order valence-corrected chi connectivity index (χ4v) is 2.90. The second kappa shape index (κ2) is 6.94. The number of benzene rings is 1. The van der Waals surface area contributed by atoms with Crippen LogP contribution in [0.5, 0.6) is 0 Å². The van der Waals surface area contributed by atoms with Crippen molar-refractivity contribution in [3.05, 3.63) is 29.8 Å². The Hall–Kier alpha value is -1.55. The highest BCUT2D eigenvalue weighted by atomic mass is 16.2. The summed E-state index contributed by atoms with van der Waals surface area (Å²) >= 11 is 0. The van der Waals surface area contributed by atoms with Gasteiger partial charge < -0.3 is 15.5 Å².